The number of ketones is 1. The molecule has 1 aromatic rings. The van der Waals surface area contributed by atoms with Crippen molar-refractivity contribution in [3.8, 4) is 5.75 Å². The average molecular weight is 614 g/mol. The van der Waals surface area contributed by atoms with Gasteiger partial charge in [-0.05, 0) is 76.1 Å². The van der Waals surface area contributed by atoms with Gasteiger partial charge in [0, 0.05) is 11.8 Å². The highest BCUT2D eigenvalue weighted by Gasteiger charge is 2.27. The lowest BCUT2D eigenvalue weighted by molar-refractivity contribution is -0.419. The van der Waals surface area contributed by atoms with E-state index >= 15 is 0 Å². The number of alkyl carbamates (subject to hydrolysis) is 1. The van der Waals surface area contributed by atoms with Gasteiger partial charge in [0.05, 0.1) is 10.2 Å². The van der Waals surface area contributed by atoms with Crippen molar-refractivity contribution in [2.75, 3.05) is 18.6 Å². The molecular weight excluding hydrogens is 579 g/mol. The molecule has 2 unspecified atom stereocenters. The minimum absolute atomic E-state index is 0.00211. The molecule has 0 aliphatic rings. The molecule has 2 atom stereocenters. The van der Waals surface area contributed by atoms with Crippen molar-refractivity contribution in [3.05, 3.63) is 62.8 Å². The first-order valence-electron chi connectivity index (χ1n) is 12.0. The van der Waals surface area contributed by atoms with E-state index in [1.807, 2.05) is 13.2 Å². The summed E-state index contributed by atoms with van der Waals surface area (Å²) >= 11 is 1.45. The SMILES string of the molecule is C=N/C(SSCC(NC(=O)OC(C)(C)C)C(=O)OCc1ccc(OCC(=O)C(C)SC)cc1)=C(\C=C/C)[N+](=O)[O-]. The molecule has 14 heteroatoms. The van der Waals surface area contributed by atoms with Crippen molar-refractivity contribution >= 4 is 57.9 Å². The lowest BCUT2D eigenvalue weighted by atomic mass is 10.2. The highest BCUT2D eigenvalue weighted by Crippen LogP contribution is 2.34. The van der Waals surface area contributed by atoms with Crippen molar-refractivity contribution in [1.82, 2.24) is 5.32 Å². The molecule has 0 saturated carbocycles. The summed E-state index contributed by atoms with van der Waals surface area (Å²) in [5.41, 5.74) is -0.381. The van der Waals surface area contributed by atoms with E-state index in [0.29, 0.717) is 11.3 Å². The Balaban J connectivity index is 2.87. The van der Waals surface area contributed by atoms with E-state index in [1.165, 1.54) is 23.9 Å². The smallest absolute Gasteiger partial charge is 0.408 e. The number of ether oxygens (including phenoxy) is 3. The van der Waals surface area contributed by atoms with Crippen LogP contribution in [0, 0.1) is 10.1 Å². The maximum absolute atomic E-state index is 12.9. The quantitative estimate of drug-likeness (QED) is 0.0636. The van der Waals surface area contributed by atoms with Gasteiger partial charge in [0.15, 0.2) is 10.8 Å². The fourth-order valence-electron chi connectivity index (χ4n) is 2.63. The maximum atomic E-state index is 12.9. The Morgan fingerprint density at radius 1 is 1.23 bits per heavy atom. The number of amides is 1. The van der Waals surface area contributed by atoms with Crippen LogP contribution in [0.15, 0.2) is 52.1 Å². The van der Waals surface area contributed by atoms with Crippen LogP contribution in [0.3, 0.4) is 0 Å². The minimum Gasteiger partial charge on any atom is -0.486 e. The molecule has 220 valence electrons. The molecule has 0 bridgehead atoms. The number of nitrogens with zero attached hydrogens (tertiary/aromatic N) is 2. The Morgan fingerprint density at radius 2 is 1.88 bits per heavy atom. The molecule has 11 nitrogen and oxygen atoms in total. The summed E-state index contributed by atoms with van der Waals surface area (Å²) in [6, 6.07) is 5.60. The third-order valence-corrected chi connectivity index (χ3v) is 8.01. The predicted molar refractivity (Wildman–Crippen MR) is 161 cm³/mol. The van der Waals surface area contributed by atoms with Crippen LogP contribution in [-0.4, -0.2) is 65.0 Å². The second-order valence-electron chi connectivity index (χ2n) is 9.06. The van der Waals surface area contributed by atoms with Gasteiger partial charge < -0.3 is 19.5 Å². The largest absolute Gasteiger partial charge is 0.486 e. The van der Waals surface area contributed by atoms with Gasteiger partial charge in [0.2, 0.25) is 0 Å². The van der Waals surface area contributed by atoms with E-state index in [9.17, 15) is 24.5 Å². The number of nitro groups is 1. The molecule has 0 aliphatic carbocycles. The van der Waals surface area contributed by atoms with Gasteiger partial charge in [-0.1, -0.05) is 29.0 Å². The second-order valence-corrected chi connectivity index (χ2v) is 12.6. The van der Waals surface area contributed by atoms with Crippen LogP contribution in [0.1, 0.15) is 40.2 Å². The van der Waals surface area contributed by atoms with E-state index in [4.69, 9.17) is 14.2 Å². The number of benzene rings is 1. The van der Waals surface area contributed by atoms with E-state index in [0.717, 1.165) is 21.6 Å². The summed E-state index contributed by atoms with van der Waals surface area (Å²) in [6.45, 7) is 11.8. The Kier molecular flexibility index (Phi) is 15.5. The molecule has 0 aromatic heterocycles. The summed E-state index contributed by atoms with van der Waals surface area (Å²) in [6.07, 6.45) is 3.84. The summed E-state index contributed by atoms with van der Waals surface area (Å²) in [5.74, 6) is -0.247. The normalized spacial score (nSPS) is 13.6. The monoisotopic (exact) mass is 613 g/mol. The molecule has 0 saturated heterocycles. The highest BCUT2D eigenvalue weighted by molar-refractivity contribution is 8.78. The summed E-state index contributed by atoms with van der Waals surface area (Å²) in [4.78, 5) is 51.7. The number of hydrogen-bond acceptors (Lipinski definition) is 12. The van der Waals surface area contributed by atoms with Crippen molar-refractivity contribution in [1.29, 1.82) is 0 Å². The van der Waals surface area contributed by atoms with Crippen molar-refractivity contribution < 1.29 is 33.5 Å². The Bertz CT molecular complexity index is 1100. The molecule has 0 fully saturated rings. The number of hydrogen-bond donors (Lipinski definition) is 1. The third kappa shape index (κ3) is 13.4. The number of Topliss-reactive ketones (excluding diaryl/α,β-unsaturated/α-hetero) is 1. The van der Waals surface area contributed by atoms with Crippen molar-refractivity contribution in [2.24, 2.45) is 4.99 Å². The van der Waals surface area contributed by atoms with Crippen LogP contribution in [0.4, 0.5) is 4.79 Å². The number of aliphatic imine (C=N–C) groups is 1. The van der Waals surface area contributed by atoms with Gasteiger partial charge >= 0.3 is 17.8 Å². The van der Waals surface area contributed by atoms with E-state index in [-0.39, 0.29) is 40.7 Å². The molecule has 0 heterocycles. The molecule has 0 aliphatic heterocycles. The topological polar surface area (TPSA) is 146 Å². The predicted octanol–water partition coefficient (Wildman–Crippen LogP) is 5.43. The zero-order valence-electron chi connectivity index (χ0n) is 23.3. The van der Waals surface area contributed by atoms with Crippen molar-refractivity contribution in [3.63, 3.8) is 0 Å². The van der Waals surface area contributed by atoms with Crippen molar-refractivity contribution in [2.45, 2.75) is 58.1 Å². The second kappa shape index (κ2) is 17.7. The molecule has 0 spiro atoms. The maximum Gasteiger partial charge on any atom is 0.408 e. The zero-order chi connectivity index (χ0) is 30.3. The molecular formula is C26H35N3O8S3. The van der Waals surface area contributed by atoms with Gasteiger partial charge in [0.25, 0.3) is 0 Å². The molecule has 1 N–H and O–H groups in total. The molecule has 1 aromatic carbocycles. The van der Waals surface area contributed by atoms with Gasteiger partial charge in [-0.15, -0.1) is 0 Å². The first-order chi connectivity index (χ1) is 18.8. The van der Waals surface area contributed by atoms with Crippen LogP contribution < -0.4 is 10.1 Å². The average Bonchev–Trinajstić information content (AvgIpc) is 2.89. The highest BCUT2D eigenvalue weighted by atomic mass is 33.1. The molecule has 1 rings (SSSR count). The number of rotatable bonds is 16. The Morgan fingerprint density at radius 3 is 2.40 bits per heavy atom. The lowest BCUT2D eigenvalue weighted by Gasteiger charge is -2.22. The van der Waals surface area contributed by atoms with Crippen LogP contribution in [0.2, 0.25) is 0 Å². The lowest BCUT2D eigenvalue weighted by Crippen LogP contribution is -2.45. The molecule has 40 heavy (non-hydrogen) atoms. The molecule has 1 amide bonds. The third-order valence-electron chi connectivity index (χ3n) is 4.72. The van der Waals surface area contributed by atoms with Crippen LogP contribution in [-0.2, 0) is 25.7 Å². The van der Waals surface area contributed by atoms with Gasteiger partial charge in [0.1, 0.15) is 30.6 Å². The number of allylic oxidation sites excluding steroid dienone is 2. The summed E-state index contributed by atoms with van der Waals surface area (Å²) in [5, 5.41) is 13.7. The summed E-state index contributed by atoms with van der Waals surface area (Å²) in [7, 11) is 2.00. The standard InChI is InChI=1S/C26H35N3O8S3/c1-8-9-21(29(33)34)23(27-6)40-39-16-20(28-25(32)37-26(3,4)5)24(31)36-14-18-10-12-19(13-11-18)35-15-22(30)17(2)38-7/h8-13,17,20H,6,14-16H2,1-5,7H3,(H,28,32)/b9-8-,23-21-. The van der Waals surface area contributed by atoms with Gasteiger partial charge in [-0.3, -0.25) is 19.9 Å². The minimum atomic E-state index is -1.12. The zero-order valence-corrected chi connectivity index (χ0v) is 25.8. The number of carbonyl (C=O) groups excluding carboxylic acids is 3. The van der Waals surface area contributed by atoms with Crippen LogP contribution in [0.5, 0.6) is 5.75 Å². The fraction of sp³-hybridized carbons (Fsp3) is 0.462. The molecule has 0 radical (unpaired) electrons. The fourth-order valence-corrected chi connectivity index (χ4v) is 5.14. The first-order valence-corrected chi connectivity index (χ1v) is 15.6. The number of thioether (sulfide) groups is 1. The Labute approximate surface area is 246 Å². The number of carbonyl (C=O) groups is 3. The van der Waals surface area contributed by atoms with Crippen LogP contribution >= 0.6 is 33.3 Å². The number of nitrogens with one attached hydrogen (secondary N) is 1. The van der Waals surface area contributed by atoms with E-state index in [2.05, 4.69) is 17.0 Å². The van der Waals surface area contributed by atoms with Gasteiger partial charge in [-0.25, -0.2) is 9.59 Å². The summed E-state index contributed by atoms with van der Waals surface area (Å²) < 4.78 is 16.2. The van der Waals surface area contributed by atoms with E-state index < -0.39 is 28.6 Å². The number of esters is 1. The Hall–Kier alpha value is -2.97. The van der Waals surface area contributed by atoms with Gasteiger partial charge in [-0.2, -0.15) is 11.8 Å². The first kappa shape index (κ1) is 35.1. The van der Waals surface area contributed by atoms with Crippen LogP contribution in [0.25, 0.3) is 0 Å². The van der Waals surface area contributed by atoms with E-state index in [1.54, 1.807) is 52.0 Å².